The summed E-state index contributed by atoms with van der Waals surface area (Å²) in [4.78, 5) is 29.6. The zero-order valence-corrected chi connectivity index (χ0v) is 13.6. The summed E-state index contributed by atoms with van der Waals surface area (Å²) < 4.78 is 0. The van der Waals surface area contributed by atoms with Gasteiger partial charge in [0.15, 0.2) is 0 Å². The first-order valence-electron chi connectivity index (χ1n) is 7.86. The zero-order valence-electron chi connectivity index (χ0n) is 12.9. The van der Waals surface area contributed by atoms with Crippen LogP contribution in [0.1, 0.15) is 24.8 Å². The van der Waals surface area contributed by atoms with Gasteiger partial charge in [0.05, 0.1) is 16.4 Å². The van der Waals surface area contributed by atoms with Crippen LogP contribution in [-0.2, 0) is 10.2 Å². The van der Waals surface area contributed by atoms with E-state index in [1.165, 1.54) is 0 Å². The SMILES string of the molecule is O=C(Nc1ccc2[nH]c(=O)[nH]c2c1)C1(c2ccc(Cl)cc2)CCC1. The standard InChI is InChI=1S/C18H16ClN3O2/c19-12-4-2-11(3-5-12)18(8-1-9-18)16(23)20-13-6-7-14-15(10-13)22-17(24)21-14/h2-7,10H,1,8-9H2,(H,20,23)(H2,21,22,24). The molecule has 122 valence electrons. The minimum absolute atomic E-state index is 0.0201. The minimum Gasteiger partial charge on any atom is -0.325 e. The number of hydrogen-bond acceptors (Lipinski definition) is 2. The first-order valence-corrected chi connectivity index (χ1v) is 8.24. The number of hydrogen-bond donors (Lipinski definition) is 3. The van der Waals surface area contributed by atoms with Gasteiger partial charge in [0.25, 0.3) is 0 Å². The Kier molecular flexibility index (Phi) is 3.46. The highest BCUT2D eigenvalue weighted by atomic mass is 35.5. The van der Waals surface area contributed by atoms with Crippen molar-refractivity contribution in [3.63, 3.8) is 0 Å². The lowest BCUT2D eigenvalue weighted by molar-refractivity contribution is -0.124. The fraction of sp³-hybridized carbons (Fsp3) is 0.222. The summed E-state index contributed by atoms with van der Waals surface area (Å²) >= 11 is 5.96. The molecule has 1 saturated carbocycles. The number of aromatic nitrogens is 2. The lowest BCUT2D eigenvalue weighted by atomic mass is 9.64. The molecule has 1 heterocycles. The lowest BCUT2D eigenvalue weighted by Gasteiger charge is -2.40. The third-order valence-electron chi connectivity index (χ3n) is 4.81. The third kappa shape index (κ3) is 2.41. The predicted molar refractivity (Wildman–Crippen MR) is 94.5 cm³/mol. The largest absolute Gasteiger partial charge is 0.325 e. The van der Waals surface area contributed by atoms with E-state index in [0.29, 0.717) is 21.7 Å². The van der Waals surface area contributed by atoms with E-state index in [1.54, 1.807) is 18.2 Å². The highest BCUT2D eigenvalue weighted by Gasteiger charge is 2.45. The molecule has 2 aromatic carbocycles. The Morgan fingerprint density at radius 2 is 1.75 bits per heavy atom. The van der Waals surface area contributed by atoms with Gasteiger partial charge >= 0.3 is 5.69 Å². The van der Waals surface area contributed by atoms with Crippen LogP contribution in [0.3, 0.4) is 0 Å². The van der Waals surface area contributed by atoms with Gasteiger partial charge in [0.1, 0.15) is 0 Å². The van der Waals surface area contributed by atoms with Crippen LogP contribution < -0.4 is 11.0 Å². The molecule has 1 fully saturated rings. The molecular weight excluding hydrogens is 326 g/mol. The molecule has 0 saturated heterocycles. The maximum Gasteiger partial charge on any atom is 0.323 e. The minimum atomic E-state index is -0.495. The maximum absolute atomic E-state index is 12.9. The topological polar surface area (TPSA) is 77.8 Å². The molecule has 1 aromatic heterocycles. The molecule has 0 radical (unpaired) electrons. The van der Waals surface area contributed by atoms with E-state index in [9.17, 15) is 9.59 Å². The monoisotopic (exact) mass is 341 g/mol. The Bertz CT molecular complexity index is 968. The fourth-order valence-electron chi connectivity index (χ4n) is 3.31. The Morgan fingerprint density at radius 1 is 1.04 bits per heavy atom. The van der Waals surface area contributed by atoms with E-state index in [0.717, 1.165) is 24.8 Å². The molecular formula is C18H16ClN3O2. The second-order valence-corrected chi connectivity index (χ2v) is 6.67. The molecule has 5 nitrogen and oxygen atoms in total. The van der Waals surface area contributed by atoms with Gasteiger partial charge in [-0.3, -0.25) is 4.79 Å². The number of benzene rings is 2. The van der Waals surface area contributed by atoms with Crippen LogP contribution in [0.15, 0.2) is 47.3 Å². The molecule has 1 aliphatic rings. The van der Waals surface area contributed by atoms with E-state index < -0.39 is 5.41 Å². The van der Waals surface area contributed by atoms with Crippen LogP contribution in [0, 0.1) is 0 Å². The van der Waals surface area contributed by atoms with Crippen LogP contribution in [0.5, 0.6) is 0 Å². The van der Waals surface area contributed by atoms with Gasteiger partial charge in [0, 0.05) is 10.7 Å². The van der Waals surface area contributed by atoms with Gasteiger partial charge in [-0.15, -0.1) is 0 Å². The van der Waals surface area contributed by atoms with Gasteiger partial charge in [-0.05, 0) is 48.7 Å². The number of imidazole rings is 1. The predicted octanol–water partition coefficient (Wildman–Crippen LogP) is 3.57. The van der Waals surface area contributed by atoms with E-state index in [-0.39, 0.29) is 11.6 Å². The van der Waals surface area contributed by atoms with Crippen molar-refractivity contribution >= 4 is 34.2 Å². The highest BCUT2D eigenvalue weighted by molar-refractivity contribution is 6.30. The highest BCUT2D eigenvalue weighted by Crippen LogP contribution is 2.44. The number of carbonyl (C=O) groups excluding carboxylic acids is 1. The van der Waals surface area contributed by atoms with Gasteiger partial charge in [0.2, 0.25) is 5.91 Å². The van der Waals surface area contributed by atoms with Crippen LogP contribution >= 0.6 is 11.6 Å². The van der Waals surface area contributed by atoms with Crippen LogP contribution in [0.25, 0.3) is 11.0 Å². The summed E-state index contributed by atoms with van der Waals surface area (Å²) in [6, 6.07) is 12.8. The van der Waals surface area contributed by atoms with Crippen molar-refractivity contribution < 1.29 is 4.79 Å². The normalized spacial score (nSPS) is 15.9. The van der Waals surface area contributed by atoms with Crippen molar-refractivity contribution in [2.75, 3.05) is 5.32 Å². The number of anilines is 1. The van der Waals surface area contributed by atoms with Gasteiger partial charge in [-0.25, -0.2) is 4.79 Å². The van der Waals surface area contributed by atoms with Crippen molar-refractivity contribution in [3.8, 4) is 0 Å². The smallest absolute Gasteiger partial charge is 0.323 e. The van der Waals surface area contributed by atoms with Crippen molar-refractivity contribution in [3.05, 3.63) is 63.5 Å². The number of nitrogens with one attached hydrogen (secondary N) is 3. The molecule has 4 rings (SSSR count). The Labute approximate surface area is 143 Å². The zero-order chi connectivity index (χ0) is 16.7. The first kappa shape index (κ1) is 15.0. The molecule has 0 unspecified atom stereocenters. The van der Waals surface area contributed by atoms with Crippen molar-refractivity contribution in [2.45, 2.75) is 24.7 Å². The number of rotatable bonds is 3. The Morgan fingerprint density at radius 3 is 2.42 bits per heavy atom. The van der Waals surface area contributed by atoms with E-state index in [4.69, 9.17) is 11.6 Å². The number of carbonyl (C=O) groups is 1. The second kappa shape index (κ2) is 5.53. The third-order valence-corrected chi connectivity index (χ3v) is 5.06. The molecule has 3 aromatic rings. The molecule has 3 N–H and O–H groups in total. The number of halogens is 1. The average Bonchev–Trinajstić information content (AvgIpc) is 2.87. The van der Waals surface area contributed by atoms with Crippen molar-refractivity contribution in [1.82, 2.24) is 9.97 Å². The summed E-state index contributed by atoms with van der Waals surface area (Å²) in [6.45, 7) is 0. The quantitative estimate of drug-likeness (QED) is 0.681. The number of fused-ring (bicyclic) bond motifs is 1. The van der Waals surface area contributed by atoms with Crippen LogP contribution in [0.4, 0.5) is 5.69 Å². The van der Waals surface area contributed by atoms with Crippen molar-refractivity contribution in [1.29, 1.82) is 0 Å². The average molecular weight is 342 g/mol. The van der Waals surface area contributed by atoms with E-state index >= 15 is 0 Å². The lowest BCUT2D eigenvalue weighted by Crippen LogP contribution is -2.45. The summed E-state index contributed by atoms with van der Waals surface area (Å²) in [5.41, 5.74) is 2.30. The summed E-state index contributed by atoms with van der Waals surface area (Å²) in [7, 11) is 0. The summed E-state index contributed by atoms with van der Waals surface area (Å²) in [5.74, 6) is -0.0201. The first-order chi connectivity index (χ1) is 11.6. The number of amides is 1. The molecule has 24 heavy (non-hydrogen) atoms. The summed E-state index contributed by atoms with van der Waals surface area (Å²) in [5, 5.41) is 3.65. The number of H-pyrrole nitrogens is 2. The fourth-order valence-corrected chi connectivity index (χ4v) is 3.43. The molecule has 1 aliphatic carbocycles. The van der Waals surface area contributed by atoms with E-state index in [1.807, 2.05) is 24.3 Å². The Balaban J connectivity index is 1.63. The van der Waals surface area contributed by atoms with Gasteiger partial charge in [-0.1, -0.05) is 30.2 Å². The summed E-state index contributed by atoms with van der Waals surface area (Å²) in [6.07, 6.45) is 2.67. The Hall–Kier alpha value is -2.53. The number of aromatic amines is 2. The van der Waals surface area contributed by atoms with Crippen molar-refractivity contribution in [2.24, 2.45) is 0 Å². The van der Waals surface area contributed by atoms with Crippen LogP contribution in [-0.4, -0.2) is 15.9 Å². The molecule has 0 spiro atoms. The second-order valence-electron chi connectivity index (χ2n) is 6.24. The molecule has 0 bridgehead atoms. The molecule has 0 atom stereocenters. The van der Waals surface area contributed by atoms with Crippen LogP contribution in [0.2, 0.25) is 5.02 Å². The molecule has 1 amide bonds. The van der Waals surface area contributed by atoms with E-state index in [2.05, 4.69) is 15.3 Å². The van der Waals surface area contributed by atoms with Gasteiger partial charge < -0.3 is 15.3 Å². The molecule has 0 aliphatic heterocycles. The van der Waals surface area contributed by atoms with Gasteiger partial charge in [-0.2, -0.15) is 0 Å². The molecule has 6 heteroatoms. The maximum atomic E-state index is 12.9.